The summed E-state index contributed by atoms with van der Waals surface area (Å²) in [5.41, 5.74) is 0. The fourth-order valence-corrected chi connectivity index (χ4v) is 4.88. The summed E-state index contributed by atoms with van der Waals surface area (Å²) >= 11 is 1.67. The fraction of sp³-hybridized carbons (Fsp3) is 0.667. The quantitative estimate of drug-likeness (QED) is 0.888. The molecule has 3 atom stereocenters. The minimum atomic E-state index is 0.0544. The summed E-state index contributed by atoms with van der Waals surface area (Å²) in [6.45, 7) is 5.94. The summed E-state index contributed by atoms with van der Waals surface area (Å²) in [6.07, 6.45) is 4.34. The summed E-state index contributed by atoms with van der Waals surface area (Å²) in [7, 11) is 0. The zero-order valence-electron chi connectivity index (χ0n) is 14.5. The first-order valence-electron chi connectivity index (χ1n) is 8.90. The number of likely N-dealkylation sites (tertiary alicyclic amines) is 2. The monoisotopic (exact) mass is 349 g/mol. The highest BCUT2D eigenvalue weighted by Gasteiger charge is 2.39. The van der Waals surface area contributed by atoms with Gasteiger partial charge >= 0.3 is 0 Å². The third-order valence-electron chi connectivity index (χ3n) is 5.26. The van der Waals surface area contributed by atoms with Crippen LogP contribution in [0.5, 0.6) is 0 Å². The second-order valence-corrected chi connectivity index (χ2v) is 7.89. The molecular weight excluding hydrogens is 322 g/mol. The maximum atomic E-state index is 12.5. The van der Waals surface area contributed by atoms with Crippen LogP contribution >= 0.6 is 11.3 Å². The smallest absolute Gasteiger partial charge is 0.234 e. The minimum absolute atomic E-state index is 0.0544. The maximum absolute atomic E-state index is 12.5. The van der Waals surface area contributed by atoms with Gasteiger partial charge in [-0.2, -0.15) is 0 Å². The standard InChI is InChI=1S/C18H27N3O2S/c1-13(17-8-5-11-24-17)19-18(23)12-20-9-3-6-15(20)16-7-4-10-21(16)14(2)22/h5,8,11,13,15-16H,3-4,6-7,9-10,12H2,1-2H3,(H,19,23)/t13-,15+,16-/m1/s1. The van der Waals surface area contributed by atoms with Crippen molar-refractivity contribution in [2.75, 3.05) is 19.6 Å². The highest BCUT2D eigenvalue weighted by Crippen LogP contribution is 2.30. The Morgan fingerprint density at radius 2 is 2.04 bits per heavy atom. The lowest BCUT2D eigenvalue weighted by Crippen LogP contribution is -2.50. The number of rotatable bonds is 5. The molecule has 0 saturated carbocycles. The van der Waals surface area contributed by atoms with Crippen LogP contribution in [0.25, 0.3) is 0 Å². The Kier molecular flexibility index (Phi) is 5.56. The highest BCUT2D eigenvalue weighted by atomic mass is 32.1. The van der Waals surface area contributed by atoms with E-state index < -0.39 is 0 Å². The Balaban J connectivity index is 1.57. The highest BCUT2D eigenvalue weighted by molar-refractivity contribution is 7.10. The molecule has 1 aromatic rings. The Hall–Kier alpha value is -1.40. The van der Waals surface area contributed by atoms with E-state index >= 15 is 0 Å². The molecule has 0 unspecified atom stereocenters. The molecule has 0 bridgehead atoms. The lowest BCUT2D eigenvalue weighted by Gasteiger charge is -2.34. The normalized spacial score (nSPS) is 25.8. The lowest BCUT2D eigenvalue weighted by molar-refractivity contribution is -0.130. The van der Waals surface area contributed by atoms with Crippen molar-refractivity contribution >= 4 is 23.2 Å². The summed E-state index contributed by atoms with van der Waals surface area (Å²) in [5, 5.41) is 5.14. The van der Waals surface area contributed by atoms with E-state index in [2.05, 4.69) is 16.3 Å². The summed E-state index contributed by atoms with van der Waals surface area (Å²) < 4.78 is 0. The number of carbonyl (C=O) groups excluding carboxylic acids is 2. The van der Waals surface area contributed by atoms with Gasteiger partial charge in [0.25, 0.3) is 0 Å². The number of nitrogens with zero attached hydrogens (tertiary/aromatic N) is 2. The maximum Gasteiger partial charge on any atom is 0.234 e. The van der Waals surface area contributed by atoms with Gasteiger partial charge in [0, 0.05) is 30.4 Å². The van der Waals surface area contributed by atoms with Gasteiger partial charge in [0.05, 0.1) is 12.6 Å². The van der Waals surface area contributed by atoms with Crippen molar-refractivity contribution in [2.24, 2.45) is 0 Å². The van der Waals surface area contributed by atoms with Crippen molar-refractivity contribution in [3.63, 3.8) is 0 Å². The third kappa shape index (κ3) is 3.81. The second kappa shape index (κ2) is 7.66. The molecule has 0 aliphatic carbocycles. The Morgan fingerprint density at radius 1 is 1.29 bits per heavy atom. The lowest BCUT2D eigenvalue weighted by atomic mass is 10.0. The molecule has 2 aliphatic heterocycles. The SMILES string of the molecule is CC(=O)N1CCC[C@@H]1[C@@H]1CCCN1CC(=O)N[C@H](C)c1cccs1. The Labute approximate surface area is 148 Å². The van der Waals surface area contributed by atoms with Crippen molar-refractivity contribution in [1.82, 2.24) is 15.1 Å². The van der Waals surface area contributed by atoms with Crippen LogP contribution in [0.1, 0.15) is 50.4 Å². The van der Waals surface area contributed by atoms with Gasteiger partial charge < -0.3 is 10.2 Å². The number of hydrogen-bond acceptors (Lipinski definition) is 4. The second-order valence-electron chi connectivity index (χ2n) is 6.91. The van der Waals surface area contributed by atoms with E-state index in [4.69, 9.17) is 0 Å². The zero-order valence-corrected chi connectivity index (χ0v) is 15.3. The molecule has 5 nitrogen and oxygen atoms in total. The van der Waals surface area contributed by atoms with Crippen LogP contribution in [0.2, 0.25) is 0 Å². The number of hydrogen-bond donors (Lipinski definition) is 1. The van der Waals surface area contributed by atoms with E-state index in [0.717, 1.165) is 38.8 Å². The van der Waals surface area contributed by atoms with Crippen LogP contribution in [0.4, 0.5) is 0 Å². The van der Waals surface area contributed by atoms with Crippen LogP contribution in [-0.4, -0.2) is 53.3 Å². The molecule has 6 heteroatoms. The molecule has 0 spiro atoms. The molecule has 2 saturated heterocycles. The molecule has 2 amide bonds. The van der Waals surface area contributed by atoms with E-state index in [-0.39, 0.29) is 23.9 Å². The molecule has 0 aromatic carbocycles. The molecule has 132 valence electrons. The van der Waals surface area contributed by atoms with Gasteiger partial charge in [-0.05, 0) is 50.6 Å². The van der Waals surface area contributed by atoms with Crippen LogP contribution in [-0.2, 0) is 9.59 Å². The number of nitrogens with one attached hydrogen (secondary N) is 1. The Bertz CT molecular complexity index is 575. The van der Waals surface area contributed by atoms with E-state index in [0.29, 0.717) is 12.6 Å². The molecule has 2 fully saturated rings. The molecule has 24 heavy (non-hydrogen) atoms. The average Bonchev–Trinajstić information content (AvgIpc) is 3.28. The average molecular weight is 350 g/mol. The number of thiophene rings is 1. The van der Waals surface area contributed by atoms with Crippen molar-refractivity contribution in [3.05, 3.63) is 22.4 Å². The van der Waals surface area contributed by atoms with Gasteiger partial charge in [-0.3, -0.25) is 14.5 Å². The summed E-state index contributed by atoms with van der Waals surface area (Å²) in [6, 6.07) is 4.73. The van der Waals surface area contributed by atoms with Gasteiger partial charge in [0.2, 0.25) is 11.8 Å². The molecule has 1 N–H and O–H groups in total. The topological polar surface area (TPSA) is 52.7 Å². The van der Waals surface area contributed by atoms with Crippen LogP contribution in [0.15, 0.2) is 17.5 Å². The number of amides is 2. The minimum Gasteiger partial charge on any atom is -0.348 e. The Morgan fingerprint density at radius 3 is 2.75 bits per heavy atom. The van der Waals surface area contributed by atoms with Gasteiger partial charge in [-0.25, -0.2) is 0 Å². The molecule has 2 aliphatic rings. The van der Waals surface area contributed by atoms with Crippen LogP contribution < -0.4 is 5.32 Å². The number of carbonyl (C=O) groups is 2. The molecular formula is C18H27N3O2S. The van der Waals surface area contributed by atoms with Crippen molar-refractivity contribution in [1.29, 1.82) is 0 Å². The molecule has 1 aromatic heterocycles. The first-order valence-corrected chi connectivity index (χ1v) is 9.78. The predicted molar refractivity (Wildman–Crippen MR) is 95.9 cm³/mol. The van der Waals surface area contributed by atoms with Crippen molar-refractivity contribution in [3.8, 4) is 0 Å². The van der Waals surface area contributed by atoms with Gasteiger partial charge in [-0.1, -0.05) is 6.07 Å². The summed E-state index contributed by atoms with van der Waals surface area (Å²) in [5.74, 6) is 0.246. The van der Waals surface area contributed by atoms with E-state index in [9.17, 15) is 9.59 Å². The fourth-order valence-electron chi connectivity index (χ4n) is 4.15. The zero-order chi connectivity index (χ0) is 17.1. The van der Waals surface area contributed by atoms with E-state index in [1.54, 1.807) is 18.3 Å². The van der Waals surface area contributed by atoms with E-state index in [1.165, 1.54) is 4.88 Å². The predicted octanol–water partition coefficient (Wildman–Crippen LogP) is 2.40. The summed E-state index contributed by atoms with van der Waals surface area (Å²) in [4.78, 5) is 29.8. The van der Waals surface area contributed by atoms with Crippen molar-refractivity contribution < 1.29 is 9.59 Å². The van der Waals surface area contributed by atoms with E-state index in [1.807, 2.05) is 23.3 Å². The van der Waals surface area contributed by atoms with Crippen LogP contribution in [0.3, 0.4) is 0 Å². The molecule has 3 heterocycles. The van der Waals surface area contributed by atoms with Crippen LogP contribution in [0, 0.1) is 0 Å². The first-order chi connectivity index (χ1) is 11.6. The van der Waals surface area contributed by atoms with Crippen molar-refractivity contribution in [2.45, 2.75) is 57.7 Å². The van der Waals surface area contributed by atoms with Gasteiger partial charge in [-0.15, -0.1) is 11.3 Å². The largest absolute Gasteiger partial charge is 0.348 e. The molecule has 0 radical (unpaired) electrons. The first kappa shape index (κ1) is 17.4. The van der Waals surface area contributed by atoms with Gasteiger partial charge in [0.15, 0.2) is 0 Å². The van der Waals surface area contributed by atoms with Gasteiger partial charge in [0.1, 0.15) is 0 Å². The third-order valence-corrected chi connectivity index (χ3v) is 6.31. The molecule has 3 rings (SSSR count).